The Balaban J connectivity index is 0.000000125. The highest BCUT2D eigenvalue weighted by atomic mass is 14.7. The first-order chi connectivity index (χ1) is 52.9. The molecule has 19 rings (SSSR count). The van der Waals surface area contributed by atoms with Crippen molar-refractivity contribution < 1.29 is 0 Å². The maximum absolute atomic E-state index is 4.63. The standard InChI is InChI=1S/2C25H18.C19H14.C18H15N.C12H11N.3C2H6/c1-2-8-18(9-3-1)19-11-6-12-20(16-19)23-14-7-15-24-22-13-5-4-10-21(22)17-25(23)24;1-2-7-18(8-3-1)19-13-15-20(16-14-19)22-11-6-12-24-23-10-5-4-9-21(23)17-25(22)24;1-2-7-14(8-3-1)16-11-6-12-18-17-10-5-4-9-15(17)13-19(16)18;1-14-12-17(15-8-4-2-5-9-15)13-18(19-14)16-10-6-3-7-11-16;1-10-6-5-9-12(13-10)11-7-3-2-4-8-11;3*1-2/h2*1-16H,17H2;1-12H,13H2;2-13H,1H3;2-9H,1H3;3*1-2H3. The maximum atomic E-state index is 4.63. The zero-order valence-corrected chi connectivity index (χ0v) is 63.0. The molecular formula is C105H94N2. The van der Waals surface area contributed by atoms with E-state index in [1.807, 2.05) is 116 Å². The molecule has 0 radical (unpaired) electrons. The molecule has 3 aliphatic carbocycles. The Morgan fingerprint density at radius 2 is 0.439 bits per heavy atom. The van der Waals surface area contributed by atoms with Crippen LogP contribution in [-0.4, -0.2) is 9.97 Å². The minimum atomic E-state index is 1.03. The lowest BCUT2D eigenvalue weighted by Gasteiger charge is -2.11. The summed E-state index contributed by atoms with van der Waals surface area (Å²) in [6.45, 7) is 16.0. The van der Waals surface area contributed by atoms with Crippen molar-refractivity contribution in [3.8, 4) is 123 Å². The van der Waals surface area contributed by atoms with Crippen LogP contribution in [0.5, 0.6) is 0 Å². The van der Waals surface area contributed by atoms with Crippen molar-refractivity contribution >= 4 is 0 Å². The lowest BCUT2D eigenvalue weighted by molar-refractivity contribution is 1.20. The maximum Gasteiger partial charge on any atom is 0.0711 e. The van der Waals surface area contributed by atoms with Gasteiger partial charge in [-0.1, -0.05) is 399 Å². The summed E-state index contributed by atoms with van der Waals surface area (Å²) in [5.74, 6) is 0. The van der Waals surface area contributed by atoms with Gasteiger partial charge < -0.3 is 0 Å². The minimum absolute atomic E-state index is 1.03. The molecule has 0 bridgehead atoms. The van der Waals surface area contributed by atoms with Crippen molar-refractivity contribution in [1.29, 1.82) is 0 Å². The van der Waals surface area contributed by atoms with Crippen LogP contribution in [0, 0.1) is 13.8 Å². The van der Waals surface area contributed by atoms with E-state index >= 15 is 0 Å². The van der Waals surface area contributed by atoms with Crippen molar-refractivity contribution in [2.45, 2.75) is 74.7 Å². The summed E-state index contributed by atoms with van der Waals surface area (Å²) in [6, 6.07) is 137. The van der Waals surface area contributed by atoms with Crippen molar-refractivity contribution in [1.82, 2.24) is 9.97 Å². The van der Waals surface area contributed by atoms with E-state index in [4.69, 9.17) is 0 Å². The second-order valence-corrected chi connectivity index (χ2v) is 25.9. The molecule has 2 aromatic heterocycles. The zero-order valence-electron chi connectivity index (χ0n) is 63.0. The second-order valence-electron chi connectivity index (χ2n) is 25.9. The molecule has 16 aromatic rings. The molecule has 0 unspecified atom stereocenters. The lowest BCUT2D eigenvalue weighted by atomic mass is 9.93. The highest BCUT2D eigenvalue weighted by Crippen LogP contribution is 2.45. The van der Waals surface area contributed by atoms with Crippen molar-refractivity contribution in [2.75, 3.05) is 0 Å². The Kier molecular flexibility index (Phi) is 25.8. The average molecular weight is 1380 g/mol. The third-order valence-corrected chi connectivity index (χ3v) is 19.3. The summed E-state index contributed by atoms with van der Waals surface area (Å²) in [5, 5.41) is 0. The molecule has 3 aliphatic rings. The van der Waals surface area contributed by atoms with Crippen LogP contribution in [0.1, 0.15) is 86.3 Å². The predicted octanol–water partition coefficient (Wildman–Crippen LogP) is 29.0. The molecule has 0 N–H and O–H groups in total. The summed E-state index contributed by atoms with van der Waals surface area (Å²) < 4.78 is 0. The Morgan fingerprint density at radius 3 is 0.869 bits per heavy atom. The molecule has 524 valence electrons. The van der Waals surface area contributed by atoms with Crippen LogP contribution in [0.4, 0.5) is 0 Å². The van der Waals surface area contributed by atoms with Gasteiger partial charge in [0.15, 0.2) is 0 Å². The third kappa shape index (κ3) is 18.0. The molecule has 0 saturated heterocycles. The molecule has 0 amide bonds. The molecule has 14 aromatic carbocycles. The van der Waals surface area contributed by atoms with Crippen LogP contribution in [0.25, 0.3) is 123 Å². The fourth-order valence-corrected chi connectivity index (χ4v) is 14.4. The number of pyridine rings is 2. The van der Waals surface area contributed by atoms with Gasteiger partial charge in [-0.15, -0.1) is 0 Å². The predicted molar refractivity (Wildman–Crippen MR) is 460 cm³/mol. The number of benzene rings is 14. The molecule has 2 heteroatoms. The third-order valence-electron chi connectivity index (χ3n) is 19.3. The smallest absolute Gasteiger partial charge is 0.0711 e. The minimum Gasteiger partial charge on any atom is -0.253 e. The molecule has 0 saturated carbocycles. The van der Waals surface area contributed by atoms with Gasteiger partial charge in [-0.2, -0.15) is 0 Å². The highest BCUT2D eigenvalue weighted by molar-refractivity contribution is 5.88. The van der Waals surface area contributed by atoms with Gasteiger partial charge in [0, 0.05) is 22.5 Å². The number of rotatable bonds is 8. The van der Waals surface area contributed by atoms with Crippen LogP contribution in [0.3, 0.4) is 0 Å². The van der Waals surface area contributed by atoms with Crippen LogP contribution in [0.15, 0.2) is 388 Å². The molecular weight excluding hydrogens is 1290 g/mol. The van der Waals surface area contributed by atoms with Gasteiger partial charge in [-0.05, 0) is 197 Å². The van der Waals surface area contributed by atoms with Crippen molar-refractivity contribution in [3.05, 3.63) is 433 Å². The quantitative estimate of drug-likeness (QED) is 0.152. The molecule has 2 nitrogen and oxygen atoms in total. The lowest BCUT2D eigenvalue weighted by Crippen LogP contribution is -1.89. The number of aromatic nitrogens is 2. The molecule has 0 aliphatic heterocycles. The SMILES string of the molecule is CC.CC.CC.Cc1cc(-c2ccccc2)cc(-c2ccccc2)n1.Cc1cccc(-c2ccccc2)n1.c1ccc(-c2ccc(-c3cccc4c3Cc3ccccc3-4)cc2)cc1.c1ccc(-c2cccc(-c3cccc4c3Cc3ccccc3-4)c2)cc1.c1ccc(-c2cccc3c2Cc2ccccc2-3)cc1. The number of hydrogen-bond acceptors (Lipinski definition) is 2. The van der Waals surface area contributed by atoms with Gasteiger partial charge in [-0.25, -0.2) is 0 Å². The number of fused-ring (bicyclic) bond motifs is 9. The van der Waals surface area contributed by atoms with E-state index in [0.717, 1.165) is 47.6 Å². The van der Waals surface area contributed by atoms with E-state index in [9.17, 15) is 0 Å². The van der Waals surface area contributed by atoms with Gasteiger partial charge in [0.1, 0.15) is 0 Å². The molecule has 0 atom stereocenters. The van der Waals surface area contributed by atoms with Crippen molar-refractivity contribution in [3.63, 3.8) is 0 Å². The average Bonchev–Trinajstić information content (AvgIpc) is 1.64. The first-order valence-electron chi connectivity index (χ1n) is 38.0. The first-order valence-corrected chi connectivity index (χ1v) is 38.0. The normalized spacial score (nSPS) is 10.9. The summed E-state index contributed by atoms with van der Waals surface area (Å²) in [6.07, 6.45) is 3.11. The number of hydrogen-bond donors (Lipinski definition) is 0. The summed E-state index contributed by atoms with van der Waals surface area (Å²) in [5.41, 5.74) is 39.0. The molecule has 0 spiro atoms. The summed E-state index contributed by atoms with van der Waals surface area (Å²) in [4.78, 5) is 9.07. The highest BCUT2D eigenvalue weighted by Gasteiger charge is 2.24. The van der Waals surface area contributed by atoms with Crippen LogP contribution < -0.4 is 0 Å². The van der Waals surface area contributed by atoms with E-state index in [2.05, 4.69) is 338 Å². The molecule has 0 fully saturated rings. The van der Waals surface area contributed by atoms with Gasteiger partial charge in [0.05, 0.1) is 11.4 Å². The summed E-state index contributed by atoms with van der Waals surface area (Å²) in [7, 11) is 0. The Hall–Kier alpha value is -12.6. The fourth-order valence-electron chi connectivity index (χ4n) is 14.4. The van der Waals surface area contributed by atoms with Crippen LogP contribution >= 0.6 is 0 Å². The number of nitrogens with zero attached hydrogens (tertiary/aromatic N) is 2. The van der Waals surface area contributed by atoms with Crippen LogP contribution in [0.2, 0.25) is 0 Å². The zero-order chi connectivity index (χ0) is 74.1. The van der Waals surface area contributed by atoms with Gasteiger partial charge in [0.2, 0.25) is 0 Å². The first kappa shape index (κ1) is 74.1. The van der Waals surface area contributed by atoms with E-state index < -0.39 is 0 Å². The topological polar surface area (TPSA) is 25.8 Å². The van der Waals surface area contributed by atoms with Gasteiger partial charge in [-0.3, -0.25) is 9.97 Å². The van der Waals surface area contributed by atoms with E-state index in [1.54, 1.807) is 0 Å². The summed E-state index contributed by atoms with van der Waals surface area (Å²) >= 11 is 0. The van der Waals surface area contributed by atoms with E-state index in [0.29, 0.717) is 0 Å². The molecule has 107 heavy (non-hydrogen) atoms. The second kappa shape index (κ2) is 37.2. The van der Waals surface area contributed by atoms with Crippen LogP contribution in [-0.2, 0) is 19.3 Å². The van der Waals surface area contributed by atoms with E-state index in [1.165, 1.54) is 139 Å². The Bertz CT molecular complexity index is 5420. The fraction of sp³-hybridized carbons (Fsp3) is 0.105. The monoisotopic (exact) mass is 1380 g/mol. The number of aryl methyl sites for hydroxylation is 2. The van der Waals surface area contributed by atoms with Gasteiger partial charge in [0.25, 0.3) is 0 Å². The van der Waals surface area contributed by atoms with E-state index in [-0.39, 0.29) is 0 Å². The Labute approximate surface area is 636 Å². The Morgan fingerprint density at radius 1 is 0.168 bits per heavy atom. The van der Waals surface area contributed by atoms with Gasteiger partial charge >= 0.3 is 0 Å². The largest absolute Gasteiger partial charge is 0.253 e. The molecule has 2 heterocycles. The van der Waals surface area contributed by atoms with Crippen molar-refractivity contribution in [2.24, 2.45) is 0 Å².